The van der Waals surface area contributed by atoms with Gasteiger partial charge in [-0.25, -0.2) is 4.90 Å². The first kappa shape index (κ1) is 26.2. The lowest BCUT2D eigenvalue weighted by molar-refractivity contribution is -0.122. The van der Waals surface area contributed by atoms with Crippen molar-refractivity contribution < 1.29 is 19.1 Å². The number of benzene rings is 4. The summed E-state index contributed by atoms with van der Waals surface area (Å²) >= 11 is 2.25. The number of amides is 3. The molecule has 1 fully saturated rings. The summed E-state index contributed by atoms with van der Waals surface area (Å²) in [5.74, 6) is -1.95. The van der Waals surface area contributed by atoms with Crippen LogP contribution in [-0.4, -0.2) is 34.6 Å². The first-order chi connectivity index (χ1) is 20.5. The Morgan fingerprint density at radius 1 is 0.857 bits per heavy atom. The predicted octanol–water partition coefficient (Wildman–Crippen LogP) is 5.40. The van der Waals surface area contributed by atoms with Gasteiger partial charge in [-0.05, 0) is 41.1 Å². The van der Waals surface area contributed by atoms with Crippen molar-refractivity contribution in [1.29, 1.82) is 0 Å². The zero-order chi connectivity index (χ0) is 28.8. The molecule has 4 aromatic carbocycles. The number of carbonyl (C=O) groups is 3. The number of hydrogen-bond acceptors (Lipinski definition) is 7. The standard InChI is InChI=1S/C32H23N3O5S2/c36-24(33-20-15-14-18-8-4-5-9-19(18)16-20)17-40-23-13-7-6-12-22(23)25-26-28(41-29-27(25)42-32(39)34-29)31(38)35(30(26)37)21-10-2-1-3-11-21/h1-16,25-26,28H,17H2,(H,33,36)(H,34,39)/t25-,26-,28+/m0/s1. The third-order valence-electron chi connectivity index (χ3n) is 7.48. The Labute approximate surface area is 248 Å². The van der Waals surface area contributed by atoms with Crippen molar-refractivity contribution in [3.8, 4) is 5.75 Å². The number of aromatic amines is 1. The van der Waals surface area contributed by atoms with Crippen LogP contribution in [0.1, 0.15) is 16.4 Å². The van der Waals surface area contributed by atoms with Crippen LogP contribution in [0.4, 0.5) is 11.4 Å². The molecule has 2 aliphatic rings. The molecule has 0 bridgehead atoms. The second kappa shape index (κ2) is 10.6. The van der Waals surface area contributed by atoms with Gasteiger partial charge in [0.15, 0.2) is 6.61 Å². The van der Waals surface area contributed by atoms with E-state index in [9.17, 15) is 19.2 Å². The Balaban J connectivity index is 1.19. The third-order valence-corrected chi connectivity index (χ3v) is 9.89. The van der Waals surface area contributed by atoms with Crippen LogP contribution >= 0.6 is 23.1 Å². The minimum atomic E-state index is -0.752. The molecule has 2 N–H and O–H groups in total. The number of nitrogens with zero attached hydrogens (tertiary/aromatic N) is 1. The first-order valence-corrected chi connectivity index (χ1v) is 15.0. The van der Waals surface area contributed by atoms with Crippen molar-refractivity contribution in [1.82, 2.24) is 4.98 Å². The fraction of sp³-hybridized carbons (Fsp3) is 0.125. The van der Waals surface area contributed by atoms with Crippen LogP contribution in [0.5, 0.6) is 5.75 Å². The molecular formula is C32H23N3O5S2. The van der Waals surface area contributed by atoms with Gasteiger partial charge in [0.2, 0.25) is 11.8 Å². The molecule has 10 heteroatoms. The highest BCUT2D eigenvalue weighted by Gasteiger charge is 2.56. The first-order valence-electron chi connectivity index (χ1n) is 13.3. The summed E-state index contributed by atoms with van der Waals surface area (Å²) in [6.07, 6.45) is 0. The van der Waals surface area contributed by atoms with E-state index in [1.54, 1.807) is 36.4 Å². The van der Waals surface area contributed by atoms with Crippen molar-refractivity contribution >= 4 is 63.0 Å². The lowest BCUT2D eigenvalue weighted by Gasteiger charge is -2.30. The van der Waals surface area contributed by atoms with Crippen LogP contribution in [-0.2, 0) is 14.4 Å². The molecule has 1 saturated heterocycles. The lowest BCUT2D eigenvalue weighted by atomic mass is 9.82. The Morgan fingerprint density at radius 2 is 1.60 bits per heavy atom. The number of ether oxygens (including phenoxy) is 1. The average Bonchev–Trinajstić information content (AvgIpc) is 3.50. The van der Waals surface area contributed by atoms with Gasteiger partial charge in [-0.3, -0.25) is 19.2 Å². The maximum Gasteiger partial charge on any atom is 0.305 e. The summed E-state index contributed by atoms with van der Waals surface area (Å²) in [6.45, 7) is -0.265. The Morgan fingerprint density at radius 3 is 2.43 bits per heavy atom. The summed E-state index contributed by atoms with van der Waals surface area (Å²) in [6, 6.07) is 29.6. The Kier molecular flexibility index (Phi) is 6.64. The highest BCUT2D eigenvalue weighted by atomic mass is 32.2. The molecule has 0 aliphatic carbocycles. The van der Waals surface area contributed by atoms with Gasteiger partial charge in [-0.15, -0.1) is 0 Å². The SMILES string of the molecule is O=C(COc1ccccc1[C@@H]1c2sc(=O)[nH]c2S[C@H]2C(=O)N(c3ccccc3)C(=O)[C@@H]12)Nc1ccc2ccccc2c1. The second-order valence-electron chi connectivity index (χ2n) is 10.0. The fourth-order valence-corrected chi connectivity index (χ4v) is 8.17. The van der Waals surface area contributed by atoms with Gasteiger partial charge in [-0.1, -0.05) is 89.8 Å². The van der Waals surface area contributed by atoms with E-state index in [1.165, 1.54) is 16.7 Å². The monoisotopic (exact) mass is 593 g/mol. The van der Waals surface area contributed by atoms with Gasteiger partial charge >= 0.3 is 4.87 Å². The molecule has 0 spiro atoms. The molecule has 208 valence electrons. The zero-order valence-electron chi connectivity index (χ0n) is 22.0. The number of aromatic nitrogens is 1. The average molecular weight is 594 g/mol. The summed E-state index contributed by atoms with van der Waals surface area (Å²) in [5, 5.41) is 4.82. The van der Waals surface area contributed by atoms with Crippen LogP contribution in [0.15, 0.2) is 107 Å². The van der Waals surface area contributed by atoms with E-state index in [2.05, 4.69) is 10.3 Å². The maximum atomic E-state index is 13.9. The van der Waals surface area contributed by atoms with E-state index in [1.807, 2.05) is 60.7 Å². The molecule has 42 heavy (non-hydrogen) atoms. The Hall–Kier alpha value is -4.67. The van der Waals surface area contributed by atoms with E-state index >= 15 is 0 Å². The zero-order valence-corrected chi connectivity index (χ0v) is 23.6. The van der Waals surface area contributed by atoms with Crippen LogP contribution in [0.2, 0.25) is 0 Å². The van der Waals surface area contributed by atoms with Gasteiger partial charge in [0, 0.05) is 22.0 Å². The maximum absolute atomic E-state index is 13.9. The summed E-state index contributed by atoms with van der Waals surface area (Å²) in [5.41, 5.74) is 1.80. The lowest BCUT2D eigenvalue weighted by Crippen LogP contribution is -2.32. The molecule has 7 rings (SSSR count). The number of imide groups is 1. The van der Waals surface area contributed by atoms with Gasteiger partial charge in [0.25, 0.3) is 5.91 Å². The molecule has 3 heterocycles. The number of thiazole rings is 1. The molecule has 8 nitrogen and oxygen atoms in total. The normalized spacial score (nSPS) is 19.4. The molecule has 2 aliphatic heterocycles. The minimum absolute atomic E-state index is 0.259. The number of H-pyrrole nitrogens is 1. The van der Waals surface area contributed by atoms with Crippen molar-refractivity contribution in [3.63, 3.8) is 0 Å². The third kappa shape index (κ3) is 4.58. The number of fused-ring (bicyclic) bond motifs is 3. The van der Waals surface area contributed by atoms with E-state index in [0.29, 0.717) is 32.6 Å². The fourth-order valence-electron chi connectivity index (χ4n) is 5.66. The molecule has 1 aromatic heterocycles. The summed E-state index contributed by atoms with van der Waals surface area (Å²) in [7, 11) is 0. The largest absolute Gasteiger partial charge is 0.483 e. The highest BCUT2D eigenvalue weighted by molar-refractivity contribution is 8.00. The molecule has 3 amide bonds. The van der Waals surface area contributed by atoms with Crippen molar-refractivity contribution in [3.05, 3.63) is 117 Å². The molecule has 0 saturated carbocycles. The van der Waals surface area contributed by atoms with Crippen LogP contribution in [0.25, 0.3) is 10.8 Å². The van der Waals surface area contributed by atoms with Crippen LogP contribution < -0.4 is 19.8 Å². The second-order valence-corrected chi connectivity index (χ2v) is 12.2. The summed E-state index contributed by atoms with van der Waals surface area (Å²) < 4.78 is 6.04. The topological polar surface area (TPSA) is 109 Å². The van der Waals surface area contributed by atoms with Gasteiger partial charge in [0.1, 0.15) is 11.0 Å². The molecular weight excluding hydrogens is 571 g/mol. The molecule has 0 unspecified atom stereocenters. The molecule has 5 aromatic rings. The molecule has 3 atom stereocenters. The number of rotatable bonds is 6. The van der Waals surface area contributed by atoms with Gasteiger partial charge in [0.05, 0.1) is 16.6 Å². The van der Waals surface area contributed by atoms with E-state index in [0.717, 1.165) is 22.1 Å². The smallest absolute Gasteiger partial charge is 0.305 e. The van der Waals surface area contributed by atoms with Crippen molar-refractivity contribution in [2.75, 3.05) is 16.8 Å². The highest BCUT2D eigenvalue weighted by Crippen LogP contribution is 2.54. The van der Waals surface area contributed by atoms with Gasteiger partial charge in [-0.2, -0.15) is 0 Å². The number of thioether (sulfide) groups is 1. The van der Waals surface area contributed by atoms with Crippen LogP contribution in [0.3, 0.4) is 0 Å². The number of carbonyl (C=O) groups excluding carboxylic acids is 3. The Bertz CT molecular complexity index is 1920. The predicted molar refractivity (Wildman–Crippen MR) is 163 cm³/mol. The van der Waals surface area contributed by atoms with Gasteiger partial charge < -0.3 is 15.0 Å². The number of nitrogens with one attached hydrogen (secondary N) is 2. The minimum Gasteiger partial charge on any atom is -0.483 e. The number of para-hydroxylation sites is 2. The van der Waals surface area contributed by atoms with Crippen LogP contribution in [0, 0.1) is 5.92 Å². The number of hydrogen-bond donors (Lipinski definition) is 2. The van der Waals surface area contributed by atoms with Crippen molar-refractivity contribution in [2.45, 2.75) is 16.2 Å². The number of anilines is 2. The summed E-state index contributed by atoms with van der Waals surface area (Å²) in [4.78, 5) is 57.4. The van der Waals surface area contributed by atoms with E-state index in [4.69, 9.17) is 4.74 Å². The molecule has 0 radical (unpaired) electrons. The van der Waals surface area contributed by atoms with E-state index < -0.39 is 17.1 Å². The van der Waals surface area contributed by atoms with E-state index in [-0.39, 0.29) is 29.2 Å². The van der Waals surface area contributed by atoms with Crippen molar-refractivity contribution in [2.24, 2.45) is 5.92 Å². The quantitative estimate of drug-likeness (QED) is 0.255.